The van der Waals surface area contributed by atoms with Gasteiger partial charge in [0.25, 0.3) is 0 Å². The van der Waals surface area contributed by atoms with Gasteiger partial charge >= 0.3 is 5.97 Å². The Labute approximate surface area is 209 Å². The van der Waals surface area contributed by atoms with Crippen LogP contribution in [-0.2, 0) is 20.8 Å². The van der Waals surface area contributed by atoms with E-state index in [1.165, 1.54) is 7.11 Å². The molecule has 3 heterocycles. The molecule has 10 heteroatoms. The highest BCUT2D eigenvalue weighted by Crippen LogP contribution is 2.33. The number of rotatable bonds is 8. The molecule has 0 spiro atoms. The number of esters is 1. The molecule has 0 radical (unpaired) electrons. The molecule has 5 rings (SSSR count). The summed E-state index contributed by atoms with van der Waals surface area (Å²) in [6.45, 7) is 4.32. The van der Waals surface area contributed by atoms with E-state index in [0.717, 1.165) is 36.7 Å². The number of para-hydroxylation sites is 2. The van der Waals surface area contributed by atoms with Gasteiger partial charge in [-0.05, 0) is 29.8 Å². The van der Waals surface area contributed by atoms with Gasteiger partial charge in [0, 0.05) is 39.8 Å². The minimum absolute atomic E-state index is 0.0718. The fourth-order valence-corrected chi connectivity index (χ4v) is 4.38. The van der Waals surface area contributed by atoms with E-state index in [1.807, 2.05) is 36.4 Å². The average molecular weight is 490 g/mol. The first-order valence-electron chi connectivity index (χ1n) is 11.8. The number of carbonyl (C=O) groups excluding carboxylic acids is 1. The van der Waals surface area contributed by atoms with Gasteiger partial charge in [0.1, 0.15) is 12.3 Å². The third kappa shape index (κ3) is 5.03. The Balaban J connectivity index is 1.34. The molecule has 186 valence electrons. The molecule has 1 aromatic heterocycles. The topological polar surface area (TPSA) is 110 Å². The molecule has 0 aliphatic carbocycles. The molecular formula is C26H27N5O5. The lowest BCUT2D eigenvalue weighted by molar-refractivity contribution is -0.145. The number of carbonyl (C=O) groups is 1. The second-order valence-electron chi connectivity index (χ2n) is 8.59. The van der Waals surface area contributed by atoms with Crippen molar-refractivity contribution in [1.82, 2.24) is 14.9 Å². The van der Waals surface area contributed by atoms with Gasteiger partial charge in [0.2, 0.25) is 6.79 Å². The van der Waals surface area contributed by atoms with E-state index < -0.39 is 11.9 Å². The molecule has 2 aromatic carbocycles. The number of hydrogen-bond donors (Lipinski definition) is 0. The Kier molecular flexibility index (Phi) is 7.11. The highest BCUT2D eigenvalue weighted by Gasteiger charge is 2.31. The second-order valence-corrected chi connectivity index (χ2v) is 8.59. The van der Waals surface area contributed by atoms with Crippen molar-refractivity contribution >= 4 is 22.8 Å². The molecule has 0 bridgehead atoms. The summed E-state index contributed by atoms with van der Waals surface area (Å²) in [5, 5.41) is 9.88. The minimum atomic E-state index is -1.18. The lowest BCUT2D eigenvalue weighted by atomic mass is 10.1. The van der Waals surface area contributed by atoms with Crippen molar-refractivity contribution in [3.8, 4) is 17.6 Å². The van der Waals surface area contributed by atoms with Crippen LogP contribution < -0.4 is 14.4 Å². The van der Waals surface area contributed by atoms with E-state index in [0.29, 0.717) is 35.6 Å². The summed E-state index contributed by atoms with van der Waals surface area (Å²) in [6, 6.07) is 15.5. The van der Waals surface area contributed by atoms with Crippen LogP contribution in [0.1, 0.15) is 17.2 Å². The summed E-state index contributed by atoms with van der Waals surface area (Å²) in [7, 11) is 1.52. The zero-order chi connectivity index (χ0) is 24.9. The van der Waals surface area contributed by atoms with E-state index in [4.69, 9.17) is 28.9 Å². The lowest BCUT2D eigenvalue weighted by Crippen LogP contribution is -2.46. The van der Waals surface area contributed by atoms with Crippen LogP contribution >= 0.6 is 0 Å². The number of aromatic nitrogens is 2. The molecule has 1 fully saturated rings. The normalized spacial score (nSPS) is 16.1. The van der Waals surface area contributed by atoms with E-state index in [9.17, 15) is 10.1 Å². The van der Waals surface area contributed by atoms with E-state index in [1.54, 1.807) is 0 Å². The van der Waals surface area contributed by atoms with E-state index in [-0.39, 0.29) is 20.0 Å². The molecule has 0 amide bonds. The van der Waals surface area contributed by atoms with Gasteiger partial charge in [-0.3, -0.25) is 9.69 Å². The van der Waals surface area contributed by atoms with Gasteiger partial charge in [-0.2, -0.15) is 5.26 Å². The van der Waals surface area contributed by atoms with Gasteiger partial charge in [-0.15, -0.1) is 0 Å². The van der Waals surface area contributed by atoms with Crippen LogP contribution in [0.25, 0.3) is 11.0 Å². The molecule has 10 nitrogen and oxygen atoms in total. The number of fused-ring (bicyclic) bond motifs is 2. The first-order chi connectivity index (χ1) is 17.7. The van der Waals surface area contributed by atoms with E-state index in [2.05, 4.69) is 21.9 Å². The molecule has 2 aliphatic heterocycles. The number of hydrogen-bond acceptors (Lipinski definition) is 10. The number of nitrogens with zero attached hydrogens (tertiary/aromatic N) is 5. The SMILES string of the molecule is COCCOC(=O)C(C#N)c1nc2ccccc2nc1N1CCN(Cc2ccc3c(c2)OCO3)CC1. The van der Waals surface area contributed by atoms with Crippen molar-refractivity contribution in [2.75, 3.05) is 58.2 Å². The lowest BCUT2D eigenvalue weighted by Gasteiger charge is -2.36. The summed E-state index contributed by atoms with van der Waals surface area (Å²) in [4.78, 5) is 26.7. The molecule has 1 saturated heterocycles. The Morgan fingerprint density at radius 3 is 2.56 bits per heavy atom. The third-order valence-electron chi connectivity index (χ3n) is 6.26. The van der Waals surface area contributed by atoms with Crippen molar-refractivity contribution in [1.29, 1.82) is 5.26 Å². The molecule has 0 N–H and O–H groups in total. The first-order valence-corrected chi connectivity index (χ1v) is 11.8. The number of anilines is 1. The second kappa shape index (κ2) is 10.8. The largest absolute Gasteiger partial charge is 0.462 e. The zero-order valence-corrected chi connectivity index (χ0v) is 20.1. The Bertz CT molecular complexity index is 1290. The van der Waals surface area contributed by atoms with Crippen molar-refractivity contribution in [3.63, 3.8) is 0 Å². The van der Waals surface area contributed by atoms with E-state index >= 15 is 0 Å². The predicted octanol–water partition coefficient (Wildman–Crippen LogP) is 2.48. The van der Waals surface area contributed by atoms with Crippen LogP contribution in [-0.4, -0.2) is 74.1 Å². The standard InChI is InChI=1S/C26H27N5O5/c1-33-12-13-34-26(32)19(15-27)24-25(29-21-5-3-2-4-20(21)28-24)31-10-8-30(9-11-31)16-18-6-7-22-23(14-18)36-17-35-22/h2-7,14,19H,8-13,16-17H2,1H3. The van der Waals surface area contributed by atoms with Gasteiger partial charge in [0.15, 0.2) is 23.2 Å². The maximum atomic E-state index is 12.7. The molecule has 0 saturated carbocycles. The van der Waals surface area contributed by atoms with Crippen LogP contribution in [0, 0.1) is 11.3 Å². The van der Waals surface area contributed by atoms with Gasteiger partial charge in [-0.1, -0.05) is 18.2 Å². The highest BCUT2D eigenvalue weighted by molar-refractivity contribution is 5.85. The Morgan fingerprint density at radius 2 is 1.81 bits per heavy atom. The number of benzene rings is 2. The molecule has 3 aromatic rings. The molecular weight excluding hydrogens is 462 g/mol. The maximum absolute atomic E-state index is 12.7. The monoisotopic (exact) mass is 489 g/mol. The Morgan fingerprint density at radius 1 is 1.06 bits per heavy atom. The van der Waals surface area contributed by atoms with Gasteiger partial charge < -0.3 is 23.8 Å². The Hall–Kier alpha value is -3.94. The van der Waals surface area contributed by atoms with Crippen molar-refractivity contribution in [2.24, 2.45) is 0 Å². The summed E-state index contributed by atoms with van der Waals surface area (Å²) in [5.74, 6) is 0.273. The molecule has 1 unspecified atom stereocenters. The van der Waals surface area contributed by atoms with Crippen LogP contribution in [0.4, 0.5) is 5.82 Å². The van der Waals surface area contributed by atoms with Crippen LogP contribution in [0.3, 0.4) is 0 Å². The third-order valence-corrected chi connectivity index (χ3v) is 6.26. The summed E-state index contributed by atoms with van der Waals surface area (Å²) in [6.07, 6.45) is 0. The summed E-state index contributed by atoms with van der Waals surface area (Å²) < 4.78 is 21.1. The first kappa shape index (κ1) is 23.8. The molecule has 1 atom stereocenters. The van der Waals surface area contributed by atoms with Gasteiger partial charge in [-0.25, -0.2) is 9.97 Å². The number of ether oxygens (including phenoxy) is 4. The average Bonchev–Trinajstić information content (AvgIpc) is 3.37. The van der Waals surface area contributed by atoms with Crippen molar-refractivity contribution < 1.29 is 23.7 Å². The van der Waals surface area contributed by atoms with Crippen LogP contribution in [0.5, 0.6) is 11.5 Å². The minimum Gasteiger partial charge on any atom is -0.462 e. The smallest absolute Gasteiger partial charge is 0.329 e. The number of piperazine rings is 1. The van der Waals surface area contributed by atoms with Crippen molar-refractivity contribution in [3.05, 3.63) is 53.7 Å². The van der Waals surface area contributed by atoms with Crippen LogP contribution in [0.15, 0.2) is 42.5 Å². The maximum Gasteiger partial charge on any atom is 0.329 e. The predicted molar refractivity (Wildman–Crippen MR) is 131 cm³/mol. The molecule has 36 heavy (non-hydrogen) atoms. The fourth-order valence-electron chi connectivity index (χ4n) is 4.38. The number of methoxy groups -OCH3 is 1. The fraction of sp³-hybridized carbons (Fsp3) is 0.385. The highest BCUT2D eigenvalue weighted by atomic mass is 16.7. The molecule has 2 aliphatic rings. The summed E-state index contributed by atoms with van der Waals surface area (Å²) >= 11 is 0. The van der Waals surface area contributed by atoms with Gasteiger partial charge in [0.05, 0.1) is 23.7 Å². The zero-order valence-electron chi connectivity index (χ0n) is 20.1. The van der Waals surface area contributed by atoms with Crippen LogP contribution in [0.2, 0.25) is 0 Å². The summed E-state index contributed by atoms with van der Waals surface area (Å²) in [5.41, 5.74) is 2.82. The van der Waals surface area contributed by atoms with Crippen molar-refractivity contribution in [2.45, 2.75) is 12.5 Å². The number of nitriles is 1. The quantitative estimate of drug-likeness (QED) is 0.346.